The number of nitrogens with zero attached hydrogens (tertiary/aromatic N) is 1. The summed E-state index contributed by atoms with van der Waals surface area (Å²) in [6, 6.07) is 7.86. The summed E-state index contributed by atoms with van der Waals surface area (Å²) in [7, 11) is 1.95. The lowest BCUT2D eigenvalue weighted by atomic mass is 10.1. The Balaban J connectivity index is 2.48. The fraction of sp³-hybridized carbons (Fsp3) is 0.417. The number of benzene rings is 1. The Morgan fingerprint density at radius 3 is 2.67 bits per heavy atom. The minimum absolute atomic E-state index is 0.195. The standard InChI is InChI=1S/C12H18ClN3O2/c1-9(10-3-5-11(13)6-4-10)16(2)8-7-12(17)18-15-14/h3-6,9,15H,7-8,14H2,1-2H3. The highest BCUT2D eigenvalue weighted by atomic mass is 35.5. The van der Waals surface area contributed by atoms with Crippen molar-refractivity contribution in [3.05, 3.63) is 34.9 Å². The molecular weight excluding hydrogens is 254 g/mol. The number of rotatable bonds is 6. The summed E-state index contributed by atoms with van der Waals surface area (Å²) >= 11 is 5.84. The van der Waals surface area contributed by atoms with E-state index in [1.54, 1.807) is 0 Å². The van der Waals surface area contributed by atoms with Gasteiger partial charge in [0.2, 0.25) is 0 Å². The van der Waals surface area contributed by atoms with Gasteiger partial charge in [-0.1, -0.05) is 29.3 Å². The molecule has 1 aromatic rings. The molecule has 3 N–H and O–H groups in total. The van der Waals surface area contributed by atoms with Crippen molar-refractivity contribution in [2.45, 2.75) is 19.4 Å². The molecule has 1 rings (SSSR count). The second kappa shape index (κ2) is 7.33. The number of halogens is 1. The summed E-state index contributed by atoms with van der Waals surface area (Å²) in [5, 5.41) is 0.714. The first kappa shape index (κ1) is 14.9. The molecule has 1 unspecified atom stereocenters. The Hall–Kier alpha value is -1.14. The Labute approximate surface area is 112 Å². The maximum absolute atomic E-state index is 11.1. The number of nitrogens with two attached hydrogens (primary N) is 1. The zero-order valence-electron chi connectivity index (χ0n) is 10.5. The van der Waals surface area contributed by atoms with Crippen molar-refractivity contribution in [3.8, 4) is 0 Å². The highest BCUT2D eigenvalue weighted by molar-refractivity contribution is 6.30. The monoisotopic (exact) mass is 271 g/mol. The Bertz CT molecular complexity index is 383. The number of hydrazine groups is 1. The van der Waals surface area contributed by atoms with Crippen LogP contribution in [0.25, 0.3) is 0 Å². The third kappa shape index (κ3) is 4.62. The van der Waals surface area contributed by atoms with Gasteiger partial charge in [-0.2, -0.15) is 0 Å². The second-order valence-electron chi connectivity index (χ2n) is 4.05. The van der Waals surface area contributed by atoms with Crippen molar-refractivity contribution in [2.24, 2.45) is 5.84 Å². The van der Waals surface area contributed by atoms with Crippen LogP contribution in [-0.2, 0) is 9.63 Å². The predicted octanol–water partition coefficient (Wildman–Crippen LogP) is 1.64. The number of hydrogen-bond acceptors (Lipinski definition) is 5. The minimum atomic E-state index is -0.382. The molecule has 0 heterocycles. The first-order chi connectivity index (χ1) is 8.54. The molecule has 0 saturated heterocycles. The predicted molar refractivity (Wildman–Crippen MR) is 70.5 cm³/mol. The molecule has 5 nitrogen and oxygen atoms in total. The lowest BCUT2D eigenvalue weighted by Crippen LogP contribution is -2.30. The molecule has 0 radical (unpaired) electrons. The molecule has 0 aliphatic carbocycles. The van der Waals surface area contributed by atoms with Gasteiger partial charge in [-0.25, -0.2) is 5.84 Å². The van der Waals surface area contributed by atoms with Crippen molar-refractivity contribution >= 4 is 17.6 Å². The van der Waals surface area contributed by atoms with Crippen LogP contribution < -0.4 is 11.4 Å². The van der Waals surface area contributed by atoms with E-state index >= 15 is 0 Å². The molecule has 18 heavy (non-hydrogen) atoms. The lowest BCUT2D eigenvalue weighted by molar-refractivity contribution is -0.151. The molecule has 0 amide bonds. The van der Waals surface area contributed by atoms with E-state index < -0.39 is 0 Å². The first-order valence-electron chi connectivity index (χ1n) is 5.65. The van der Waals surface area contributed by atoms with Gasteiger partial charge in [-0.3, -0.25) is 9.69 Å². The van der Waals surface area contributed by atoms with Crippen LogP contribution in [0.2, 0.25) is 5.02 Å². The van der Waals surface area contributed by atoms with Gasteiger partial charge in [0, 0.05) is 17.6 Å². The van der Waals surface area contributed by atoms with Crippen LogP contribution in [0.15, 0.2) is 24.3 Å². The van der Waals surface area contributed by atoms with E-state index in [-0.39, 0.29) is 18.4 Å². The van der Waals surface area contributed by atoms with Crippen LogP contribution in [0.3, 0.4) is 0 Å². The third-order valence-corrected chi connectivity index (χ3v) is 3.11. The van der Waals surface area contributed by atoms with E-state index in [0.717, 1.165) is 5.56 Å². The van der Waals surface area contributed by atoms with Gasteiger partial charge in [0.25, 0.3) is 0 Å². The normalized spacial score (nSPS) is 12.5. The van der Waals surface area contributed by atoms with Gasteiger partial charge in [-0.15, -0.1) is 0 Å². The lowest BCUT2D eigenvalue weighted by Gasteiger charge is -2.24. The Morgan fingerprint density at radius 2 is 2.11 bits per heavy atom. The van der Waals surface area contributed by atoms with Crippen molar-refractivity contribution in [2.75, 3.05) is 13.6 Å². The van der Waals surface area contributed by atoms with Crippen molar-refractivity contribution in [1.82, 2.24) is 10.5 Å². The molecular formula is C12H18ClN3O2. The second-order valence-corrected chi connectivity index (χ2v) is 4.49. The van der Waals surface area contributed by atoms with Crippen LogP contribution >= 0.6 is 11.6 Å². The van der Waals surface area contributed by atoms with Crippen molar-refractivity contribution in [1.29, 1.82) is 0 Å². The zero-order valence-corrected chi connectivity index (χ0v) is 11.3. The topological polar surface area (TPSA) is 67.6 Å². The summed E-state index contributed by atoms with van der Waals surface area (Å²) < 4.78 is 0. The number of hydrogen-bond donors (Lipinski definition) is 2. The molecule has 1 atom stereocenters. The number of carbonyl (C=O) groups is 1. The van der Waals surface area contributed by atoms with Gasteiger partial charge in [-0.05, 0) is 31.7 Å². The van der Waals surface area contributed by atoms with E-state index in [2.05, 4.69) is 16.7 Å². The average molecular weight is 272 g/mol. The first-order valence-corrected chi connectivity index (χ1v) is 6.03. The summed E-state index contributed by atoms with van der Waals surface area (Å²) in [6.07, 6.45) is 0.276. The van der Waals surface area contributed by atoms with Gasteiger partial charge >= 0.3 is 5.97 Å². The molecule has 0 aliphatic rings. The van der Waals surface area contributed by atoms with Crippen LogP contribution in [0.5, 0.6) is 0 Å². The molecule has 1 aromatic carbocycles. The number of carbonyl (C=O) groups excluding carboxylic acids is 1. The van der Waals surface area contributed by atoms with E-state index in [1.807, 2.05) is 36.9 Å². The highest BCUT2D eigenvalue weighted by Crippen LogP contribution is 2.20. The highest BCUT2D eigenvalue weighted by Gasteiger charge is 2.13. The third-order valence-electron chi connectivity index (χ3n) is 2.85. The largest absolute Gasteiger partial charge is 0.356 e. The average Bonchev–Trinajstić information content (AvgIpc) is 2.36. The molecule has 0 aliphatic heterocycles. The van der Waals surface area contributed by atoms with Gasteiger partial charge in [0.05, 0.1) is 6.42 Å². The van der Waals surface area contributed by atoms with Crippen LogP contribution in [-0.4, -0.2) is 24.5 Å². The van der Waals surface area contributed by atoms with E-state index in [1.165, 1.54) is 0 Å². The van der Waals surface area contributed by atoms with Gasteiger partial charge in [0.15, 0.2) is 0 Å². The van der Waals surface area contributed by atoms with Crippen LogP contribution in [0.1, 0.15) is 24.9 Å². The number of nitrogens with one attached hydrogen (secondary N) is 1. The molecule has 0 bridgehead atoms. The Morgan fingerprint density at radius 1 is 1.50 bits per heavy atom. The molecule has 0 aromatic heterocycles. The molecule has 0 spiro atoms. The van der Waals surface area contributed by atoms with E-state index in [4.69, 9.17) is 17.4 Å². The molecule has 100 valence electrons. The summed E-state index contributed by atoms with van der Waals surface area (Å²) in [4.78, 5) is 17.6. The minimum Gasteiger partial charge on any atom is -0.356 e. The summed E-state index contributed by atoms with van der Waals surface area (Å²) in [5.74, 6) is 4.50. The molecule has 0 saturated carbocycles. The summed E-state index contributed by atoms with van der Waals surface area (Å²) in [5.41, 5.74) is 3.02. The van der Waals surface area contributed by atoms with Crippen molar-refractivity contribution < 1.29 is 9.63 Å². The fourth-order valence-corrected chi connectivity index (χ4v) is 1.70. The van der Waals surface area contributed by atoms with Crippen LogP contribution in [0, 0.1) is 0 Å². The fourth-order valence-electron chi connectivity index (χ4n) is 1.57. The SMILES string of the molecule is CC(c1ccc(Cl)cc1)N(C)CCC(=O)ONN. The smallest absolute Gasteiger partial charge is 0.327 e. The molecule has 0 fully saturated rings. The van der Waals surface area contributed by atoms with Crippen molar-refractivity contribution in [3.63, 3.8) is 0 Å². The zero-order chi connectivity index (χ0) is 13.5. The summed E-state index contributed by atoms with van der Waals surface area (Å²) in [6.45, 7) is 2.65. The maximum atomic E-state index is 11.1. The van der Waals surface area contributed by atoms with Crippen LogP contribution in [0.4, 0.5) is 0 Å². The van der Waals surface area contributed by atoms with Gasteiger partial charge < -0.3 is 4.84 Å². The van der Waals surface area contributed by atoms with E-state index in [0.29, 0.717) is 11.6 Å². The maximum Gasteiger partial charge on any atom is 0.327 e. The molecule has 6 heteroatoms. The quantitative estimate of drug-likeness (QED) is 0.608. The Kier molecular flexibility index (Phi) is 6.07. The van der Waals surface area contributed by atoms with Gasteiger partial charge in [0.1, 0.15) is 0 Å². The van der Waals surface area contributed by atoms with E-state index in [9.17, 15) is 4.79 Å².